The van der Waals surface area contributed by atoms with E-state index >= 15 is 0 Å². The largest absolute Gasteiger partial charge is 0.312 e. The van der Waals surface area contributed by atoms with E-state index in [9.17, 15) is 0 Å². The van der Waals surface area contributed by atoms with Gasteiger partial charge in [0.1, 0.15) is 0 Å². The normalized spacial score (nSPS) is 20.1. The number of hydrogen-bond donors (Lipinski definition) is 1. The van der Waals surface area contributed by atoms with Crippen LogP contribution in [-0.2, 0) is 0 Å². The summed E-state index contributed by atoms with van der Waals surface area (Å²) in [5.41, 5.74) is -0.234. The van der Waals surface area contributed by atoms with Crippen molar-refractivity contribution in [3.63, 3.8) is 0 Å². The van der Waals surface area contributed by atoms with Gasteiger partial charge in [0.15, 0.2) is 0 Å². The van der Waals surface area contributed by atoms with Crippen LogP contribution >= 0.6 is 0 Å². The Balaban J connectivity index is 2.22. The van der Waals surface area contributed by atoms with Crippen LogP contribution in [0.1, 0.15) is 33.6 Å². The Morgan fingerprint density at radius 2 is 2.00 bits per heavy atom. The third-order valence-corrected chi connectivity index (χ3v) is 3.17. The first-order chi connectivity index (χ1) is 7.07. The third-order valence-electron chi connectivity index (χ3n) is 3.17. The standard InChI is InChI=1S/C12H23N3/c1-4-15-7-5-11(6-8-15)14-10-12(2,3)9-13/h11,14H,4-8,10H2,1-3H3. The summed E-state index contributed by atoms with van der Waals surface area (Å²) >= 11 is 0. The molecule has 1 N–H and O–H groups in total. The van der Waals surface area contributed by atoms with Gasteiger partial charge in [0, 0.05) is 12.6 Å². The molecule has 1 saturated heterocycles. The van der Waals surface area contributed by atoms with Gasteiger partial charge < -0.3 is 10.2 Å². The summed E-state index contributed by atoms with van der Waals surface area (Å²) in [6.45, 7) is 10.5. The lowest BCUT2D eigenvalue weighted by atomic mass is 9.94. The molecule has 3 nitrogen and oxygen atoms in total. The zero-order valence-electron chi connectivity index (χ0n) is 10.2. The molecular formula is C12H23N3. The summed E-state index contributed by atoms with van der Waals surface area (Å²) in [6, 6.07) is 2.94. The van der Waals surface area contributed by atoms with Crippen molar-refractivity contribution in [2.45, 2.75) is 39.7 Å². The first-order valence-corrected chi connectivity index (χ1v) is 5.94. The van der Waals surface area contributed by atoms with Crippen LogP contribution in [0.2, 0.25) is 0 Å². The van der Waals surface area contributed by atoms with E-state index in [1.54, 1.807) is 0 Å². The maximum Gasteiger partial charge on any atom is 0.0697 e. The van der Waals surface area contributed by atoms with E-state index in [1.807, 2.05) is 13.8 Å². The second-order valence-corrected chi connectivity index (χ2v) is 5.09. The molecule has 1 fully saturated rings. The van der Waals surface area contributed by atoms with Crippen LogP contribution in [0.25, 0.3) is 0 Å². The van der Waals surface area contributed by atoms with Crippen LogP contribution in [0.3, 0.4) is 0 Å². The van der Waals surface area contributed by atoms with Gasteiger partial charge in [0.25, 0.3) is 0 Å². The van der Waals surface area contributed by atoms with Crippen molar-refractivity contribution in [1.82, 2.24) is 10.2 Å². The van der Waals surface area contributed by atoms with Crippen LogP contribution in [0.15, 0.2) is 0 Å². The summed E-state index contributed by atoms with van der Waals surface area (Å²) in [5.74, 6) is 0. The van der Waals surface area contributed by atoms with Crippen LogP contribution in [-0.4, -0.2) is 37.1 Å². The fraction of sp³-hybridized carbons (Fsp3) is 0.917. The topological polar surface area (TPSA) is 39.1 Å². The zero-order chi connectivity index (χ0) is 11.3. The number of nitrogens with one attached hydrogen (secondary N) is 1. The molecule has 0 aromatic heterocycles. The molecule has 0 unspecified atom stereocenters. The Hall–Kier alpha value is -0.590. The SMILES string of the molecule is CCN1CCC(NCC(C)(C)C#N)CC1. The summed E-state index contributed by atoms with van der Waals surface area (Å²) in [6.07, 6.45) is 2.44. The van der Waals surface area contributed by atoms with Crippen molar-refractivity contribution in [3.05, 3.63) is 0 Å². The highest BCUT2D eigenvalue weighted by atomic mass is 15.1. The highest BCUT2D eigenvalue weighted by Crippen LogP contribution is 2.14. The number of piperidine rings is 1. The van der Waals surface area contributed by atoms with E-state index in [0.717, 1.165) is 13.1 Å². The number of rotatable bonds is 4. The Bertz CT molecular complexity index is 222. The van der Waals surface area contributed by atoms with E-state index in [4.69, 9.17) is 5.26 Å². The molecule has 0 saturated carbocycles. The Morgan fingerprint density at radius 1 is 1.40 bits per heavy atom. The molecular weight excluding hydrogens is 186 g/mol. The average Bonchev–Trinajstić information content (AvgIpc) is 2.27. The molecule has 3 heteroatoms. The molecule has 0 aliphatic carbocycles. The minimum absolute atomic E-state index is 0.234. The van der Waals surface area contributed by atoms with Crippen LogP contribution < -0.4 is 5.32 Å². The van der Waals surface area contributed by atoms with Crippen molar-refractivity contribution in [2.24, 2.45) is 5.41 Å². The molecule has 0 amide bonds. The van der Waals surface area contributed by atoms with Gasteiger partial charge in [-0.05, 0) is 46.3 Å². The van der Waals surface area contributed by atoms with E-state index < -0.39 is 0 Å². The monoisotopic (exact) mass is 209 g/mol. The molecule has 0 spiro atoms. The minimum Gasteiger partial charge on any atom is -0.312 e. The molecule has 0 aromatic rings. The zero-order valence-corrected chi connectivity index (χ0v) is 10.2. The van der Waals surface area contributed by atoms with Crippen LogP contribution in [0.5, 0.6) is 0 Å². The van der Waals surface area contributed by atoms with Crippen molar-refractivity contribution in [1.29, 1.82) is 5.26 Å². The molecule has 15 heavy (non-hydrogen) atoms. The van der Waals surface area contributed by atoms with Gasteiger partial charge in [-0.2, -0.15) is 5.26 Å². The summed E-state index contributed by atoms with van der Waals surface area (Å²) in [7, 11) is 0. The Kier molecular flexibility index (Phi) is 4.56. The van der Waals surface area contributed by atoms with Gasteiger partial charge in [-0.1, -0.05) is 6.92 Å². The fourth-order valence-electron chi connectivity index (χ4n) is 1.89. The highest BCUT2D eigenvalue weighted by molar-refractivity contribution is 4.94. The van der Waals surface area contributed by atoms with Crippen molar-refractivity contribution in [2.75, 3.05) is 26.2 Å². The number of nitrogens with zero attached hydrogens (tertiary/aromatic N) is 2. The summed E-state index contributed by atoms with van der Waals surface area (Å²) in [5, 5.41) is 12.4. The fourth-order valence-corrected chi connectivity index (χ4v) is 1.89. The van der Waals surface area contributed by atoms with Gasteiger partial charge in [-0.3, -0.25) is 0 Å². The number of likely N-dealkylation sites (tertiary alicyclic amines) is 1. The van der Waals surface area contributed by atoms with E-state index in [2.05, 4.69) is 23.2 Å². The van der Waals surface area contributed by atoms with Crippen molar-refractivity contribution < 1.29 is 0 Å². The third kappa shape index (κ3) is 4.19. The number of nitriles is 1. The van der Waals surface area contributed by atoms with Gasteiger partial charge in [0.2, 0.25) is 0 Å². The molecule has 0 aromatic carbocycles. The number of hydrogen-bond acceptors (Lipinski definition) is 3. The van der Waals surface area contributed by atoms with E-state index in [0.29, 0.717) is 6.04 Å². The second-order valence-electron chi connectivity index (χ2n) is 5.09. The molecule has 1 aliphatic heterocycles. The smallest absolute Gasteiger partial charge is 0.0697 e. The first kappa shape index (κ1) is 12.5. The van der Waals surface area contributed by atoms with Crippen molar-refractivity contribution in [3.8, 4) is 6.07 Å². The molecule has 1 heterocycles. The van der Waals surface area contributed by atoms with Gasteiger partial charge in [0.05, 0.1) is 11.5 Å². The van der Waals surface area contributed by atoms with Crippen LogP contribution in [0.4, 0.5) is 0 Å². The van der Waals surface area contributed by atoms with E-state index in [1.165, 1.54) is 25.9 Å². The lowest BCUT2D eigenvalue weighted by Crippen LogP contribution is -2.44. The van der Waals surface area contributed by atoms with E-state index in [-0.39, 0.29) is 5.41 Å². The Labute approximate surface area is 93.5 Å². The maximum absolute atomic E-state index is 8.91. The molecule has 1 aliphatic rings. The van der Waals surface area contributed by atoms with Gasteiger partial charge >= 0.3 is 0 Å². The molecule has 0 atom stereocenters. The molecule has 0 bridgehead atoms. The minimum atomic E-state index is -0.234. The maximum atomic E-state index is 8.91. The predicted molar refractivity (Wildman–Crippen MR) is 62.5 cm³/mol. The highest BCUT2D eigenvalue weighted by Gasteiger charge is 2.21. The lowest BCUT2D eigenvalue weighted by Gasteiger charge is -2.32. The Morgan fingerprint density at radius 3 is 2.47 bits per heavy atom. The predicted octanol–water partition coefficient (Wildman–Crippen LogP) is 1.61. The lowest BCUT2D eigenvalue weighted by molar-refractivity contribution is 0.201. The molecule has 86 valence electrons. The molecule has 1 rings (SSSR count). The first-order valence-electron chi connectivity index (χ1n) is 5.94. The summed E-state index contributed by atoms with van der Waals surface area (Å²) < 4.78 is 0. The van der Waals surface area contributed by atoms with Crippen molar-refractivity contribution >= 4 is 0 Å². The average molecular weight is 209 g/mol. The van der Waals surface area contributed by atoms with Gasteiger partial charge in [-0.25, -0.2) is 0 Å². The van der Waals surface area contributed by atoms with Gasteiger partial charge in [-0.15, -0.1) is 0 Å². The quantitative estimate of drug-likeness (QED) is 0.764. The molecule has 0 radical (unpaired) electrons. The second kappa shape index (κ2) is 5.48. The summed E-state index contributed by atoms with van der Waals surface area (Å²) in [4.78, 5) is 2.48. The van der Waals surface area contributed by atoms with Crippen LogP contribution in [0, 0.1) is 16.7 Å².